The predicted molar refractivity (Wildman–Crippen MR) is 93.0 cm³/mol. The van der Waals surface area contributed by atoms with E-state index in [2.05, 4.69) is 58.0 Å². The molecule has 0 aliphatic carbocycles. The first-order chi connectivity index (χ1) is 9.10. The summed E-state index contributed by atoms with van der Waals surface area (Å²) in [6, 6.07) is 1.28. The Morgan fingerprint density at radius 2 is 1.30 bits per heavy atom. The van der Waals surface area contributed by atoms with E-state index in [4.69, 9.17) is 4.43 Å². The van der Waals surface area contributed by atoms with E-state index in [-0.39, 0.29) is 0 Å². The largest absolute Gasteiger partial charge is 0.420 e. The van der Waals surface area contributed by atoms with E-state index in [9.17, 15) is 0 Å². The molecule has 0 N–H and O–H groups in total. The maximum absolute atomic E-state index is 5.81. The zero-order valence-electron chi connectivity index (χ0n) is 15.3. The van der Waals surface area contributed by atoms with Crippen molar-refractivity contribution in [1.29, 1.82) is 0 Å². The number of hydrogen-bond donors (Lipinski definition) is 0. The Kier molecular flexibility index (Phi) is 9.23. The highest BCUT2D eigenvalue weighted by Gasteiger charge is 2.33. The second-order valence-electron chi connectivity index (χ2n) is 7.76. The average Bonchev–Trinajstić information content (AvgIpc) is 2.27. The van der Waals surface area contributed by atoms with Crippen molar-refractivity contribution in [3.63, 3.8) is 0 Å². The van der Waals surface area contributed by atoms with E-state index in [1.54, 1.807) is 0 Å². The van der Waals surface area contributed by atoms with Crippen molar-refractivity contribution in [3.05, 3.63) is 0 Å². The number of hydrogen-bond acceptors (Lipinski definition) is 3. The van der Waals surface area contributed by atoms with Gasteiger partial charge in [-0.05, 0) is 91.5 Å². The molecule has 0 saturated heterocycles. The average molecular weight is 303 g/mol. The molecule has 0 aliphatic rings. The van der Waals surface area contributed by atoms with Crippen LogP contribution in [0.3, 0.4) is 0 Å². The first-order valence-electron chi connectivity index (χ1n) is 7.95. The molecule has 0 fully saturated rings. The molecule has 0 rings (SSSR count). The van der Waals surface area contributed by atoms with Gasteiger partial charge in [-0.2, -0.15) is 0 Å². The lowest BCUT2D eigenvalue weighted by atomic mass is 9.82. The van der Waals surface area contributed by atoms with Gasteiger partial charge in [0.05, 0.1) is 0 Å². The van der Waals surface area contributed by atoms with Crippen molar-refractivity contribution < 1.29 is 4.43 Å². The van der Waals surface area contributed by atoms with Gasteiger partial charge < -0.3 is 14.2 Å². The zero-order chi connectivity index (χ0) is 15.8. The van der Waals surface area contributed by atoms with Gasteiger partial charge in [0.15, 0.2) is 8.32 Å². The summed E-state index contributed by atoms with van der Waals surface area (Å²) < 4.78 is 5.81. The van der Waals surface area contributed by atoms with Crippen LogP contribution in [0.25, 0.3) is 0 Å². The standard InChI is InChI=1S/C16H38N2OSi/c1-16(11-9-13-17(2)3,12-10-14-18(4)5)15-20(7,8)19-6/h9-15H2,1-8H3. The maximum atomic E-state index is 5.81. The molecule has 0 amide bonds. The fourth-order valence-electron chi connectivity index (χ4n) is 3.05. The third-order valence-corrected chi connectivity index (χ3v) is 6.99. The lowest BCUT2D eigenvalue weighted by molar-refractivity contribution is 0.242. The highest BCUT2D eigenvalue weighted by Crippen LogP contribution is 2.38. The smallest absolute Gasteiger partial charge is 0.186 e. The molecule has 0 aliphatic heterocycles. The van der Waals surface area contributed by atoms with E-state index >= 15 is 0 Å². The van der Waals surface area contributed by atoms with Gasteiger partial charge in [0.25, 0.3) is 0 Å². The van der Waals surface area contributed by atoms with Gasteiger partial charge in [0.2, 0.25) is 0 Å². The monoisotopic (exact) mass is 302 g/mol. The zero-order valence-corrected chi connectivity index (χ0v) is 16.3. The van der Waals surface area contributed by atoms with Gasteiger partial charge in [-0.15, -0.1) is 0 Å². The highest BCUT2D eigenvalue weighted by molar-refractivity contribution is 6.71. The SMILES string of the molecule is CO[Si](C)(C)CC(C)(CCCN(C)C)CCCN(C)C. The van der Waals surface area contributed by atoms with Crippen molar-refractivity contribution >= 4 is 8.32 Å². The molecule has 0 aromatic carbocycles. The Balaban J connectivity index is 4.49. The van der Waals surface area contributed by atoms with E-state index < -0.39 is 8.32 Å². The molecule has 20 heavy (non-hydrogen) atoms. The van der Waals surface area contributed by atoms with Gasteiger partial charge in [-0.1, -0.05) is 6.92 Å². The van der Waals surface area contributed by atoms with Gasteiger partial charge in [0, 0.05) is 7.11 Å². The van der Waals surface area contributed by atoms with Crippen molar-refractivity contribution in [1.82, 2.24) is 9.80 Å². The number of rotatable bonds is 11. The minimum Gasteiger partial charge on any atom is -0.420 e. The molecule has 0 bridgehead atoms. The molecule has 3 nitrogen and oxygen atoms in total. The lowest BCUT2D eigenvalue weighted by Crippen LogP contribution is -2.36. The second kappa shape index (κ2) is 9.18. The fraction of sp³-hybridized carbons (Fsp3) is 1.00. The van der Waals surface area contributed by atoms with Crippen molar-refractivity contribution in [2.45, 2.75) is 51.7 Å². The molecule has 0 saturated carbocycles. The van der Waals surface area contributed by atoms with Crippen LogP contribution in [0.15, 0.2) is 0 Å². The first kappa shape index (κ1) is 20.1. The van der Waals surface area contributed by atoms with Crippen LogP contribution >= 0.6 is 0 Å². The Hall–Kier alpha value is 0.0969. The summed E-state index contributed by atoms with van der Waals surface area (Å²) in [7, 11) is 9.06. The van der Waals surface area contributed by atoms with Crippen LogP contribution in [0.2, 0.25) is 19.1 Å². The predicted octanol–water partition coefficient (Wildman–Crippen LogP) is 3.53. The first-order valence-corrected chi connectivity index (χ1v) is 11.1. The summed E-state index contributed by atoms with van der Waals surface area (Å²) in [4.78, 5) is 4.58. The molecule has 0 aromatic rings. The Morgan fingerprint density at radius 3 is 1.60 bits per heavy atom. The molecule has 0 spiro atoms. The van der Waals surface area contributed by atoms with Gasteiger partial charge in [-0.25, -0.2) is 0 Å². The molecule has 0 heterocycles. The van der Waals surface area contributed by atoms with Gasteiger partial charge in [0.1, 0.15) is 0 Å². The van der Waals surface area contributed by atoms with Gasteiger partial charge in [-0.3, -0.25) is 0 Å². The van der Waals surface area contributed by atoms with Crippen LogP contribution in [0, 0.1) is 5.41 Å². The van der Waals surface area contributed by atoms with E-state index in [0.29, 0.717) is 5.41 Å². The molecule has 0 unspecified atom stereocenters. The molecule has 0 atom stereocenters. The van der Waals surface area contributed by atoms with Crippen molar-refractivity contribution in [3.8, 4) is 0 Å². The van der Waals surface area contributed by atoms with Crippen LogP contribution in [-0.4, -0.2) is 66.5 Å². The summed E-state index contributed by atoms with van der Waals surface area (Å²) in [5.41, 5.74) is 0.442. The number of nitrogens with zero attached hydrogens (tertiary/aromatic N) is 2. The summed E-state index contributed by atoms with van der Waals surface area (Å²) >= 11 is 0. The third kappa shape index (κ3) is 9.92. The van der Waals surface area contributed by atoms with Gasteiger partial charge >= 0.3 is 0 Å². The topological polar surface area (TPSA) is 15.7 Å². The molecular formula is C16H38N2OSi. The van der Waals surface area contributed by atoms with Crippen LogP contribution in [-0.2, 0) is 4.43 Å². The summed E-state index contributed by atoms with van der Waals surface area (Å²) in [6.07, 6.45) is 5.22. The molecular weight excluding hydrogens is 264 g/mol. The Morgan fingerprint density at radius 1 is 0.900 bits per heavy atom. The van der Waals surface area contributed by atoms with Crippen LogP contribution in [0.4, 0.5) is 0 Å². The molecule has 0 aromatic heterocycles. The molecule has 0 radical (unpaired) electrons. The maximum Gasteiger partial charge on any atom is 0.186 e. The fourth-order valence-corrected chi connectivity index (χ4v) is 5.60. The van der Waals surface area contributed by atoms with E-state index in [0.717, 1.165) is 0 Å². The minimum absolute atomic E-state index is 0.442. The molecule has 4 heteroatoms. The van der Waals surface area contributed by atoms with Crippen LogP contribution in [0.1, 0.15) is 32.6 Å². The quantitative estimate of drug-likeness (QED) is 0.543. The Bertz CT molecular complexity index is 241. The van der Waals surface area contributed by atoms with E-state index in [1.165, 1.54) is 44.8 Å². The highest BCUT2D eigenvalue weighted by atomic mass is 28.4. The summed E-state index contributed by atoms with van der Waals surface area (Å²) in [6.45, 7) is 9.56. The lowest BCUT2D eigenvalue weighted by Gasteiger charge is -2.36. The molecule has 122 valence electrons. The van der Waals surface area contributed by atoms with Crippen LogP contribution < -0.4 is 0 Å². The minimum atomic E-state index is -1.49. The van der Waals surface area contributed by atoms with Crippen LogP contribution in [0.5, 0.6) is 0 Å². The summed E-state index contributed by atoms with van der Waals surface area (Å²) in [5, 5.41) is 0. The second-order valence-corrected chi connectivity index (χ2v) is 12.0. The normalized spacial score (nSPS) is 13.5. The summed E-state index contributed by atoms with van der Waals surface area (Å²) in [5.74, 6) is 0. The third-order valence-electron chi connectivity index (χ3n) is 4.18. The van der Waals surface area contributed by atoms with Crippen molar-refractivity contribution in [2.24, 2.45) is 5.41 Å². The Labute approximate surface area is 128 Å². The van der Waals surface area contributed by atoms with E-state index in [1.807, 2.05) is 7.11 Å². The van der Waals surface area contributed by atoms with Crippen molar-refractivity contribution in [2.75, 3.05) is 48.4 Å².